The highest BCUT2D eigenvalue weighted by Gasteiger charge is 2.29. The van der Waals surface area contributed by atoms with Gasteiger partial charge < -0.3 is 5.32 Å². The maximum atomic E-state index is 12.2. The largest absolute Gasteiger partial charge is 0.405 e. The summed E-state index contributed by atoms with van der Waals surface area (Å²) >= 11 is 0.995. The van der Waals surface area contributed by atoms with Crippen LogP contribution in [0.3, 0.4) is 0 Å². The van der Waals surface area contributed by atoms with Crippen LogP contribution < -0.4 is 5.32 Å². The van der Waals surface area contributed by atoms with Gasteiger partial charge in [-0.15, -0.1) is 5.10 Å². The fourth-order valence-electron chi connectivity index (χ4n) is 2.08. The second kappa shape index (κ2) is 7.20. The molecule has 1 unspecified atom stereocenters. The van der Waals surface area contributed by atoms with Crippen molar-refractivity contribution in [2.45, 2.75) is 37.4 Å². The first-order valence-corrected chi connectivity index (χ1v) is 7.93. The molecule has 1 atom stereocenters. The predicted octanol–water partition coefficient (Wildman–Crippen LogP) is 2.44. The number of aromatic nitrogens is 4. The van der Waals surface area contributed by atoms with Gasteiger partial charge in [-0.05, 0) is 42.3 Å². The van der Waals surface area contributed by atoms with Crippen LogP contribution in [-0.2, 0) is 4.79 Å². The number of thioether (sulfide) groups is 1. The van der Waals surface area contributed by atoms with Crippen molar-refractivity contribution in [3.05, 3.63) is 29.3 Å². The zero-order chi connectivity index (χ0) is 17.9. The van der Waals surface area contributed by atoms with Crippen LogP contribution in [0.5, 0.6) is 0 Å². The van der Waals surface area contributed by atoms with Crippen LogP contribution in [0.15, 0.2) is 23.4 Å². The molecule has 130 valence electrons. The van der Waals surface area contributed by atoms with Crippen LogP contribution in [0.1, 0.15) is 18.1 Å². The molecule has 6 nitrogen and oxygen atoms in total. The SMILES string of the molecule is Cc1cccc(C)c1-n1nnnc1SC(C)C(=O)NCC(F)(F)F. The average Bonchev–Trinajstić information content (AvgIpc) is 2.91. The molecule has 10 heteroatoms. The minimum Gasteiger partial charge on any atom is -0.346 e. The molecule has 0 radical (unpaired) electrons. The van der Waals surface area contributed by atoms with E-state index in [2.05, 4.69) is 15.5 Å². The summed E-state index contributed by atoms with van der Waals surface area (Å²) in [6.07, 6.45) is -4.44. The van der Waals surface area contributed by atoms with Crippen molar-refractivity contribution in [1.29, 1.82) is 0 Å². The number of nitrogens with zero attached hydrogens (tertiary/aromatic N) is 4. The quantitative estimate of drug-likeness (QED) is 0.830. The molecule has 0 aliphatic rings. The molecule has 0 aliphatic heterocycles. The van der Waals surface area contributed by atoms with Gasteiger partial charge in [0.25, 0.3) is 0 Å². The minimum atomic E-state index is -4.44. The lowest BCUT2D eigenvalue weighted by Gasteiger charge is -2.14. The van der Waals surface area contributed by atoms with Crippen LogP contribution in [-0.4, -0.2) is 44.1 Å². The van der Waals surface area contributed by atoms with Crippen molar-refractivity contribution in [3.63, 3.8) is 0 Å². The monoisotopic (exact) mass is 359 g/mol. The lowest BCUT2D eigenvalue weighted by molar-refractivity contribution is -0.137. The number of hydrogen-bond acceptors (Lipinski definition) is 5. The van der Waals surface area contributed by atoms with E-state index in [-0.39, 0.29) is 0 Å². The van der Waals surface area contributed by atoms with E-state index in [0.29, 0.717) is 5.16 Å². The van der Waals surface area contributed by atoms with Crippen molar-refractivity contribution < 1.29 is 18.0 Å². The van der Waals surface area contributed by atoms with Crippen LogP contribution >= 0.6 is 11.8 Å². The molecule has 2 aromatic rings. The van der Waals surface area contributed by atoms with Gasteiger partial charge in [0.2, 0.25) is 11.1 Å². The smallest absolute Gasteiger partial charge is 0.346 e. The molecular weight excluding hydrogens is 343 g/mol. The molecule has 1 heterocycles. The van der Waals surface area contributed by atoms with E-state index >= 15 is 0 Å². The Morgan fingerprint density at radius 2 is 1.96 bits per heavy atom. The van der Waals surface area contributed by atoms with Gasteiger partial charge >= 0.3 is 6.18 Å². The number of aryl methyl sites for hydroxylation is 2. The zero-order valence-electron chi connectivity index (χ0n) is 13.3. The second-order valence-electron chi connectivity index (χ2n) is 5.21. The number of para-hydroxylation sites is 1. The van der Waals surface area contributed by atoms with Crippen molar-refractivity contribution in [3.8, 4) is 5.69 Å². The van der Waals surface area contributed by atoms with Gasteiger partial charge in [-0.3, -0.25) is 4.79 Å². The van der Waals surface area contributed by atoms with E-state index in [1.807, 2.05) is 37.4 Å². The normalized spacial score (nSPS) is 12.9. The molecule has 0 bridgehead atoms. The van der Waals surface area contributed by atoms with Gasteiger partial charge in [-0.25, -0.2) is 0 Å². The number of amides is 1. The third-order valence-corrected chi connectivity index (χ3v) is 4.24. The number of nitrogens with one attached hydrogen (secondary N) is 1. The number of alkyl halides is 3. The Hall–Kier alpha value is -2.10. The molecule has 0 spiro atoms. The lowest BCUT2D eigenvalue weighted by atomic mass is 10.1. The van der Waals surface area contributed by atoms with E-state index in [1.165, 1.54) is 11.6 Å². The molecule has 1 aromatic heterocycles. The fourth-order valence-corrected chi connectivity index (χ4v) is 2.89. The van der Waals surface area contributed by atoms with E-state index in [9.17, 15) is 18.0 Å². The second-order valence-corrected chi connectivity index (χ2v) is 6.51. The molecule has 2 rings (SSSR count). The maximum absolute atomic E-state index is 12.2. The first-order chi connectivity index (χ1) is 11.2. The van der Waals surface area contributed by atoms with Gasteiger partial charge in [-0.2, -0.15) is 17.9 Å². The number of hydrogen-bond donors (Lipinski definition) is 1. The summed E-state index contributed by atoms with van der Waals surface area (Å²) < 4.78 is 38.0. The Labute approximate surface area is 140 Å². The third-order valence-electron chi connectivity index (χ3n) is 3.21. The number of benzene rings is 1. The predicted molar refractivity (Wildman–Crippen MR) is 83.0 cm³/mol. The van der Waals surface area contributed by atoms with Gasteiger partial charge in [-0.1, -0.05) is 30.0 Å². The Morgan fingerprint density at radius 1 is 1.33 bits per heavy atom. The topological polar surface area (TPSA) is 72.7 Å². The number of carbonyl (C=O) groups is 1. The average molecular weight is 359 g/mol. The summed E-state index contributed by atoms with van der Waals surface area (Å²) in [6.45, 7) is 3.94. The van der Waals surface area contributed by atoms with E-state index < -0.39 is 23.9 Å². The maximum Gasteiger partial charge on any atom is 0.405 e. The first-order valence-electron chi connectivity index (χ1n) is 7.05. The molecule has 0 saturated carbocycles. The van der Waals surface area contributed by atoms with Gasteiger partial charge in [0.05, 0.1) is 10.9 Å². The number of halogens is 3. The molecule has 0 aliphatic carbocycles. The van der Waals surface area contributed by atoms with Crippen LogP contribution in [0, 0.1) is 13.8 Å². The summed E-state index contributed by atoms with van der Waals surface area (Å²) in [5.74, 6) is -0.728. The summed E-state index contributed by atoms with van der Waals surface area (Å²) in [7, 11) is 0. The molecular formula is C14H16F3N5OS. The van der Waals surface area contributed by atoms with E-state index in [4.69, 9.17) is 0 Å². The third kappa shape index (κ3) is 4.47. The fraction of sp³-hybridized carbons (Fsp3) is 0.429. The Bertz CT molecular complexity index is 711. The number of tetrazole rings is 1. The first kappa shape index (κ1) is 18.2. The molecule has 1 aromatic carbocycles. The van der Waals surface area contributed by atoms with Gasteiger partial charge in [0.15, 0.2) is 0 Å². The summed E-state index contributed by atoms with van der Waals surface area (Å²) in [5.41, 5.74) is 2.67. The van der Waals surface area contributed by atoms with Crippen molar-refractivity contribution in [1.82, 2.24) is 25.5 Å². The van der Waals surface area contributed by atoms with Crippen molar-refractivity contribution >= 4 is 17.7 Å². The molecule has 0 fully saturated rings. The number of rotatable bonds is 5. The van der Waals surface area contributed by atoms with Gasteiger partial charge in [0.1, 0.15) is 6.54 Å². The number of carbonyl (C=O) groups excluding carboxylic acids is 1. The van der Waals surface area contributed by atoms with Crippen LogP contribution in [0.25, 0.3) is 5.69 Å². The molecule has 0 saturated heterocycles. The van der Waals surface area contributed by atoms with Gasteiger partial charge in [0, 0.05) is 0 Å². The highest BCUT2D eigenvalue weighted by atomic mass is 32.2. The lowest BCUT2D eigenvalue weighted by Crippen LogP contribution is -2.38. The highest BCUT2D eigenvalue weighted by Crippen LogP contribution is 2.26. The summed E-state index contributed by atoms with van der Waals surface area (Å²) in [5, 5.41) is 12.8. The summed E-state index contributed by atoms with van der Waals surface area (Å²) in [4.78, 5) is 11.8. The highest BCUT2D eigenvalue weighted by molar-refractivity contribution is 8.00. The van der Waals surface area contributed by atoms with E-state index in [0.717, 1.165) is 28.6 Å². The minimum absolute atomic E-state index is 0.335. The van der Waals surface area contributed by atoms with Crippen molar-refractivity contribution in [2.24, 2.45) is 0 Å². The Morgan fingerprint density at radius 3 is 2.54 bits per heavy atom. The van der Waals surface area contributed by atoms with Crippen LogP contribution in [0.4, 0.5) is 13.2 Å². The zero-order valence-corrected chi connectivity index (χ0v) is 14.1. The molecule has 1 N–H and O–H groups in total. The molecule has 24 heavy (non-hydrogen) atoms. The standard InChI is InChI=1S/C14H16F3N5OS/c1-8-5-4-6-9(2)11(8)22-13(19-20-21-22)24-10(3)12(23)18-7-14(15,16)17/h4-6,10H,7H2,1-3H3,(H,18,23). The molecule has 1 amide bonds. The van der Waals surface area contributed by atoms with Crippen molar-refractivity contribution in [2.75, 3.05) is 6.54 Å². The Kier molecular flexibility index (Phi) is 5.47. The van der Waals surface area contributed by atoms with Crippen LogP contribution in [0.2, 0.25) is 0 Å². The van der Waals surface area contributed by atoms with E-state index in [1.54, 1.807) is 0 Å². The Balaban J connectivity index is 2.15. The summed E-state index contributed by atoms with van der Waals surface area (Å²) in [6, 6.07) is 5.70.